The van der Waals surface area contributed by atoms with Crippen LogP contribution in [0.1, 0.15) is 0 Å². The fourth-order valence-corrected chi connectivity index (χ4v) is 7.92. The molecule has 1 aromatic heterocycles. The Hall–Kier alpha value is -6.59. The molecule has 0 bridgehead atoms. The van der Waals surface area contributed by atoms with Gasteiger partial charge in [-0.25, -0.2) is 13.2 Å². The molecule has 0 radical (unpaired) electrons. The van der Waals surface area contributed by atoms with Gasteiger partial charge in [0.05, 0.1) is 16.7 Å². The molecule has 0 aliphatic carbocycles. The first-order valence-corrected chi connectivity index (χ1v) is 16.8. The van der Waals surface area contributed by atoms with E-state index in [-0.39, 0.29) is 5.69 Å². The molecule has 0 saturated carbocycles. The van der Waals surface area contributed by atoms with E-state index in [1.54, 1.807) is 4.90 Å². The maximum atomic E-state index is 15.2. The molecule has 10 aromatic rings. The second-order valence-electron chi connectivity index (χ2n) is 12.9. The fourth-order valence-electron chi connectivity index (χ4n) is 7.92. The Balaban J connectivity index is 1.16. The van der Waals surface area contributed by atoms with Crippen LogP contribution in [0.5, 0.6) is 0 Å². The lowest BCUT2D eigenvalue weighted by Gasteiger charge is -2.26. The molecule has 1 heterocycles. The Morgan fingerprint density at radius 1 is 0.431 bits per heavy atom. The maximum absolute atomic E-state index is 15.2. The first-order chi connectivity index (χ1) is 25.1. The number of aromatic nitrogens is 1. The van der Waals surface area contributed by atoms with Crippen LogP contribution in [-0.4, -0.2) is 4.57 Å². The van der Waals surface area contributed by atoms with E-state index in [1.165, 1.54) is 54.8 Å². The molecule has 0 amide bonds. The molecule has 9 aromatic carbocycles. The second kappa shape index (κ2) is 11.2. The monoisotopic (exact) mass is 664 g/mol. The minimum Gasteiger partial charge on any atom is -0.309 e. The Bertz CT molecular complexity index is 2930. The third-order valence-corrected chi connectivity index (χ3v) is 10.1. The first kappa shape index (κ1) is 29.3. The lowest BCUT2D eigenvalue weighted by molar-refractivity contribution is 0.448. The van der Waals surface area contributed by atoms with Gasteiger partial charge in [0.15, 0.2) is 17.5 Å². The zero-order chi connectivity index (χ0) is 34.2. The van der Waals surface area contributed by atoms with E-state index >= 15 is 4.39 Å². The Morgan fingerprint density at radius 2 is 1.08 bits per heavy atom. The van der Waals surface area contributed by atoms with Crippen molar-refractivity contribution in [2.75, 3.05) is 4.90 Å². The summed E-state index contributed by atoms with van der Waals surface area (Å²) >= 11 is 0. The largest absolute Gasteiger partial charge is 0.309 e. The molecule has 0 spiro atoms. The van der Waals surface area contributed by atoms with Crippen molar-refractivity contribution in [3.05, 3.63) is 181 Å². The van der Waals surface area contributed by atoms with E-state index in [2.05, 4.69) is 95.6 Å². The maximum Gasteiger partial charge on any atom is 0.196 e. The third-order valence-electron chi connectivity index (χ3n) is 10.1. The van der Waals surface area contributed by atoms with Crippen LogP contribution in [0.3, 0.4) is 0 Å². The number of anilines is 3. The van der Waals surface area contributed by atoms with E-state index in [0.717, 1.165) is 28.3 Å². The van der Waals surface area contributed by atoms with Gasteiger partial charge in [-0.15, -0.1) is 0 Å². The highest BCUT2D eigenvalue weighted by Crippen LogP contribution is 2.45. The van der Waals surface area contributed by atoms with Gasteiger partial charge in [-0.3, -0.25) is 0 Å². The van der Waals surface area contributed by atoms with Crippen molar-refractivity contribution in [3.63, 3.8) is 0 Å². The topological polar surface area (TPSA) is 8.17 Å². The van der Waals surface area contributed by atoms with Crippen LogP contribution in [0.4, 0.5) is 30.2 Å². The number of rotatable bonds is 5. The van der Waals surface area contributed by atoms with Gasteiger partial charge >= 0.3 is 0 Å². The molecule has 0 atom stereocenters. The highest BCUT2D eigenvalue weighted by atomic mass is 19.2. The van der Waals surface area contributed by atoms with E-state index in [4.69, 9.17) is 0 Å². The van der Waals surface area contributed by atoms with E-state index in [1.807, 2.05) is 60.7 Å². The van der Waals surface area contributed by atoms with E-state index in [9.17, 15) is 8.78 Å². The number of hydrogen-bond acceptors (Lipinski definition) is 1. The molecule has 0 fully saturated rings. The summed E-state index contributed by atoms with van der Waals surface area (Å²) in [5.74, 6) is -3.97. The zero-order valence-electron chi connectivity index (χ0n) is 27.1. The number of halogens is 3. The summed E-state index contributed by atoms with van der Waals surface area (Å²) in [7, 11) is 0. The number of nitrogens with zero attached hydrogens (tertiary/aromatic N) is 2. The summed E-state index contributed by atoms with van der Waals surface area (Å²) < 4.78 is 46.0. The van der Waals surface area contributed by atoms with Crippen molar-refractivity contribution in [2.24, 2.45) is 0 Å². The summed E-state index contributed by atoms with van der Waals surface area (Å²) in [6.45, 7) is 0. The summed E-state index contributed by atoms with van der Waals surface area (Å²) in [6, 6.07) is 53.8. The predicted octanol–water partition coefficient (Wildman–Crippen LogP) is 13.2. The van der Waals surface area contributed by atoms with Gasteiger partial charge < -0.3 is 9.47 Å². The number of fused-ring (bicyclic) bond motifs is 4. The average molecular weight is 665 g/mol. The first-order valence-electron chi connectivity index (χ1n) is 16.8. The molecular weight excluding hydrogens is 638 g/mol. The van der Waals surface area contributed by atoms with Gasteiger partial charge in [-0.2, -0.15) is 0 Å². The van der Waals surface area contributed by atoms with Gasteiger partial charge in [0.2, 0.25) is 0 Å². The van der Waals surface area contributed by atoms with Crippen molar-refractivity contribution in [3.8, 4) is 16.8 Å². The molecule has 5 heteroatoms. The normalized spacial score (nSPS) is 11.8. The Morgan fingerprint density at radius 3 is 1.88 bits per heavy atom. The van der Waals surface area contributed by atoms with Gasteiger partial charge in [0, 0.05) is 27.8 Å². The number of benzene rings is 9. The molecule has 0 N–H and O–H groups in total. The molecule has 10 rings (SSSR count). The van der Waals surface area contributed by atoms with Crippen LogP contribution in [0.2, 0.25) is 0 Å². The molecule has 0 saturated heterocycles. The highest BCUT2D eigenvalue weighted by molar-refractivity contribution is 6.34. The molecule has 2 nitrogen and oxygen atoms in total. The van der Waals surface area contributed by atoms with Gasteiger partial charge in [0.1, 0.15) is 0 Å². The van der Waals surface area contributed by atoms with Crippen LogP contribution in [0.25, 0.3) is 70.9 Å². The second-order valence-corrected chi connectivity index (χ2v) is 12.9. The SMILES string of the molecule is Fc1ccc(N(c2ccccc2)c2ccc(-c3ccc4ccc5c6c(ccc3c46)cc3c5c4ccccc4n3-c3ccccc3)cc2)c(F)c1F. The summed E-state index contributed by atoms with van der Waals surface area (Å²) in [5.41, 5.74) is 6.69. The minimum absolute atomic E-state index is 0.0736. The Kier molecular flexibility index (Phi) is 6.46. The molecule has 51 heavy (non-hydrogen) atoms. The van der Waals surface area contributed by atoms with Gasteiger partial charge in [-0.1, -0.05) is 103 Å². The van der Waals surface area contributed by atoms with Crippen molar-refractivity contribution in [1.29, 1.82) is 0 Å². The zero-order valence-corrected chi connectivity index (χ0v) is 27.1. The smallest absolute Gasteiger partial charge is 0.196 e. The fraction of sp³-hybridized carbons (Fsp3) is 0. The van der Waals surface area contributed by atoms with Crippen LogP contribution in [0.15, 0.2) is 164 Å². The minimum atomic E-state index is -1.50. The third kappa shape index (κ3) is 4.38. The van der Waals surface area contributed by atoms with Gasteiger partial charge in [0.25, 0.3) is 0 Å². The van der Waals surface area contributed by atoms with E-state index < -0.39 is 17.5 Å². The quantitative estimate of drug-likeness (QED) is 0.131. The van der Waals surface area contributed by atoms with Crippen LogP contribution >= 0.6 is 0 Å². The number of hydrogen-bond donors (Lipinski definition) is 0. The van der Waals surface area contributed by atoms with Crippen molar-refractivity contribution < 1.29 is 13.2 Å². The van der Waals surface area contributed by atoms with Crippen LogP contribution in [0, 0.1) is 17.5 Å². The Labute approximate surface area is 291 Å². The predicted molar refractivity (Wildman–Crippen MR) is 204 cm³/mol. The molecular formula is C46H27F3N2. The summed E-state index contributed by atoms with van der Waals surface area (Å²) in [5, 5.41) is 9.58. The van der Waals surface area contributed by atoms with Crippen molar-refractivity contribution in [2.45, 2.75) is 0 Å². The lowest BCUT2D eigenvalue weighted by atomic mass is 9.88. The molecule has 242 valence electrons. The van der Waals surface area contributed by atoms with Crippen LogP contribution < -0.4 is 4.90 Å². The lowest BCUT2D eigenvalue weighted by Crippen LogP contribution is -2.13. The molecule has 0 aliphatic rings. The summed E-state index contributed by atoms with van der Waals surface area (Å²) in [4.78, 5) is 1.60. The average Bonchev–Trinajstić information content (AvgIpc) is 3.52. The van der Waals surface area contributed by atoms with Crippen molar-refractivity contribution >= 4 is 71.2 Å². The number of para-hydroxylation sites is 3. The molecule has 0 unspecified atom stereocenters. The van der Waals surface area contributed by atoms with Crippen molar-refractivity contribution in [1.82, 2.24) is 4.57 Å². The van der Waals surface area contributed by atoms with Gasteiger partial charge in [-0.05, 0) is 104 Å². The van der Waals surface area contributed by atoms with E-state index in [0.29, 0.717) is 11.4 Å². The molecule has 0 aliphatic heterocycles. The highest BCUT2D eigenvalue weighted by Gasteiger charge is 2.22. The standard InChI is InChI=1S/C46H27F3N2/c47-38-25-26-40(46(49)45(38)48)50(31-9-3-1-4-10-31)33-20-15-28(16-21-33)34-22-17-29-18-24-37-43-30(19-23-35(34)42(29)43)27-41-44(37)36-13-7-8-14-39(36)51(41)32-11-5-2-6-12-32/h1-27H. The van der Waals surface area contributed by atoms with Crippen LogP contribution in [-0.2, 0) is 0 Å². The summed E-state index contributed by atoms with van der Waals surface area (Å²) in [6.07, 6.45) is 0.